The second kappa shape index (κ2) is 4.86. The normalized spacial score (nSPS) is 26.8. The maximum absolute atomic E-state index is 12.2. The third-order valence-electron chi connectivity index (χ3n) is 4.93. The van der Waals surface area contributed by atoms with Gasteiger partial charge in [0.1, 0.15) is 0 Å². The number of aromatic nitrogens is 2. The Morgan fingerprint density at radius 2 is 2.10 bits per heavy atom. The van der Waals surface area contributed by atoms with Crippen LogP contribution in [0.25, 0.3) is 0 Å². The first kappa shape index (κ1) is 12.4. The largest absolute Gasteiger partial charge is 0.342 e. The van der Waals surface area contributed by atoms with Crippen molar-refractivity contribution in [1.29, 1.82) is 0 Å². The van der Waals surface area contributed by atoms with Gasteiger partial charge in [-0.2, -0.15) is 4.98 Å². The lowest BCUT2D eigenvalue weighted by Crippen LogP contribution is -2.37. The van der Waals surface area contributed by atoms with E-state index in [1.54, 1.807) is 0 Å². The van der Waals surface area contributed by atoms with Crippen molar-refractivity contribution in [3.8, 4) is 0 Å². The van der Waals surface area contributed by atoms with Gasteiger partial charge in [0.05, 0.1) is 0 Å². The van der Waals surface area contributed by atoms with E-state index >= 15 is 0 Å². The van der Waals surface area contributed by atoms with Gasteiger partial charge < -0.3 is 9.42 Å². The van der Waals surface area contributed by atoms with E-state index in [0.717, 1.165) is 50.5 Å². The molecule has 2 aliphatic carbocycles. The lowest BCUT2D eigenvalue weighted by Gasteiger charge is -2.29. The molecule has 5 heteroatoms. The zero-order chi connectivity index (χ0) is 13.5. The number of amides is 1. The maximum Gasteiger partial charge on any atom is 0.229 e. The summed E-state index contributed by atoms with van der Waals surface area (Å²) in [5.74, 6) is 3.38. The number of carbonyl (C=O) groups is 1. The van der Waals surface area contributed by atoms with Crippen LogP contribution in [0.4, 0.5) is 0 Å². The Balaban J connectivity index is 1.32. The number of hydrogen-bond acceptors (Lipinski definition) is 4. The Morgan fingerprint density at radius 1 is 1.25 bits per heavy atom. The molecular weight excluding hydrogens is 254 g/mol. The number of likely N-dealkylation sites (tertiary alicyclic amines) is 1. The quantitative estimate of drug-likeness (QED) is 0.844. The molecule has 0 bridgehead atoms. The van der Waals surface area contributed by atoms with E-state index in [-0.39, 0.29) is 0 Å². The lowest BCUT2D eigenvalue weighted by molar-refractivity contribution is -0.137. The zero-order valence-electron chi connectivity index (χ0n) is 11.8. The monoisotopic (exact) mass is 275 g/mol. The summed E-state index contributed by atoms with van der Waals surface area (Å²) >= 11 is 0. The molecular formula is C15H21N3O2. The molecule has 1 aromatic heterocycles. The molecule has 2 saturated carbocycles. The van der Waals surface area contributed by atoms with Crippen molar-refractivity contribution in [2.45, 2.75) is 50.9 Å². The second-order valence-electron chi connectivity index (χ2n) is 6.59. The third kappa shape index (κ3) is 2.34. The first-order chi connectivity index (χ1) is 9.79. The van der Waals surface area contributed by atoms with Crippen molar-refractivity contribution in [1.82, 2.24) is 15.0 Å². The number of carbonyl (C=O) groups excluding carboxylic acids is 1. The van der Waals surface area contributed by atoms with E-state index in [9.17, 15) is 4.79 Å². The van der Waals surface area contributed by atoms with Gasteiger partial charge >= 0.3 is 0 Å². The molecule has 1 atom stereocenters. The van der Waals surface area contributed by atoms with Gasteiger partial charge in [-0.15, -0.1) is 0 Å². The van der Waals surface area contributed by atoms with Gasteiger partial charge in [-0.1, -0.05) is 11.6 Å². The molecule has 1 unspecified atom stereocenters. The van der Waals surface area contributed by atoms with Crippen LogP contribution in [0.3, 0.4) is 0 Å². The van der Waals surface area contributed by atoms with E-state index < -0.39 is 0 Å². The minimum atomic E-state index is 0.320. The van der Waals surface area contributed by atoms with E-state index in [2.05, 4.69) is 15.0 Å². The highest BCUT2D eigenvalue weighted by Crippen LogP contribution is 2.39. The molecule has 2 heterocycles. The molecule has 5 nitrogen and oxygen atoms in total. The van der Waals surface area contributed by atoms with Gasteiger partial charge in [-0.25, -0.2) is 0 Å². The molecule has 3 fully saturated rings. The lowest BCUT2D eigenvalue weighted by atomic mass is 9.84. The average Bonchev–Trinajstić information content (AvgIpc) is 2.95. The molecule has 1 aliphatic heterocycles. The van der Waals surface area contributed by atoms with Crippen molar-refractivity contribution in [3.05, 3.63) is 11.7 Å². The highest BCUT2D eigenvalue weighted by Gasteiger charge is 2.34. The fourth-order valence-electron chi connectivity index (χ4n) is 3.22. The van der Waals surface area contributed by atoms with Crippen molar-refractivity contribution in [3.63, 3.8) is 0 Å². The molecule has 20 heavy (non-hydrogen) atoms. The molecule has 0 aromatic carbocycles. The van der Waals surface area contributed by atoms with Gasteiger partial charge in [0.2, 0.25) is 11.8 Å². The topological polar surface area (TPSA) is 59.2 Å². The van der Waals surface area contributed by atoms with Crippen LogP contribution in [0.1, 0.15) is 56.2 Å². The Labute approximate surface area is 118 Å². The van der Waals surface area contributed by atoms with Crippen LogP contribution >= 0.6 is 0 Å². The summed E-state index contributed by atoms with van der Waals surface area (Å²) in [4.78, 5) is 18.7. The molecule has 0 radical (unpaired) electrons. The fourth-order valence-corrected chi connectivity index (χ4v) is 3.22. The molecule has 1 aromatic rings. The van der Waals surface area contributed by atoms with Crippen LogP contribution in [-0.2, 0) is 11.2 Å². The summed E-state index contributed by atoms with van der Waals surface area (Å²) in [7, 11) is 0. The van der Waals surface area contributed by atoms with Crippen LogP contribution < -0.4 is 0 Å². The summed E-state index contributed by atoms with van der Waals surface area (Å²) < 4.78 is 5.30. The van der Waals surface area contributed by atoms with E-state index in [1.807, 2.05) is 0 Å². The standard InChI is InChI=1S/C15H21N3O2/c19-15(12-2-1-3-12)18-7-6-10(9-18)8-13-16-14(20-17-13)11-4-5-11/h10-12H,1-9H2. The summed E-state index contributed by atoms with van der Waals surface area (Å²) in [6.07, 6.45) is 7.71. The molecule has 3 aliphatic rings. The van der Waals surface area contributed by atoms with E-state index in [4.69, 9.17) is 4.52 Å². The van der Waals surface area contributed by atoms with E-state index in [1.165, 1.54) is 19.3 Å². The summed E-state index contributed by atoms with van der Waals surface area (Å²) in [6.45, 7) is 1.79. The van der Waals surface area contributed by atoms with Gasteiger partial charge in [0, 0.05) is 31.3 Å². The third-order valence-corrected chi connectivity index (χ3v) is 4.93. The number of nitrogens with zero attached hydrogens (tertiary/aromatic N) is 3. The predicted molar refractivity (Wildman–Crippen MR) is 72.0 cm³/mol. The van der Waals surface area contributed by atoms with Crippen LogP contribution in [0.2, 0.25) is 0 Å². The Morgan fingerprint density at radius 3 is 2.80 bits per heavy atom. The first-order valence-corrected chi connectivity index (χ1v) is 7.91. The second-order valence-corrected chi connectivity index (χ2v) is 6.59. The fraction of sp³-hybridized carbons (Fsp3) is 0.800. The minimum absolute atomic E-state index is 0.320. The smallest absolute Gasteiger partial charge is 0.229 e. The summed E-state index contributed by atoms with van der Waals surface area (Å²) in [6, 6.07) is 0. The molecule has 1 amide bonds. The van der Waals surface area contributed by atoms with Crippen LogP contribution in [-0.4, -0.2) is 34.0 Å². The Hall–Kier alpha value is -1.39. The summed E-state index contributed by atoms with van der Waals surface area (Å²) in [5.41, 5.74) is 0. The van der Waals surface area contributed by atoms with Crippen LogP contribution in [0, 0.1) is 11.8 Å². The van der Waals surface area contributed by atoms with Gasteiger partial charge in [0.15, 0.2) is 5.82 Å². The van der Waals surface area contributed by atoms with Crippen molar-refractivity contribution >= 4 is 5.91 Å². The average molecular weight is 275 g/mol. The van der Waals surface area contributed by atoms with Gasteiger partial charge in [-0.3, -0.25) is 4.79 Å². The van der Waals surface area contributed by atoms with Crippen molar-refractivity contribution in [2.24, 2.45) is 11.8 Å². The van der Waals surface area contributed by atoms with Crippen LogP contribution in [0.5, 0.6) is 0 Å². The molecule has 1 saturated heterocycles. The van der Waals surface area contributed by atoms with Crippen LogP contribution in [0.15, 0.2) is 4.52 Å². The minimum Gasteiger partial charge on any atom is -0.342 e. The highest BCUT2D eigenvalue weighted by atomic mass is 16.5. The first-order valence-electron chi connectivity index (χ1n) is 7.91. The zero-order valence-corrected chi connectivity index (χ0v) is 11.8. The van der Waals surface area contributed by atoms with Gasteiger partial charge in [-0.05, 0) is 38.0 Å². The SMILES string of the molecule is O=C(C1CCC1)N1CCC(Cc2noc(C3CC3)n2)C1. The summed E-state index contributed by atoms with van der Waals surface area (Å²) in [5, 5.41) is 4.08. The van der Waals surface area contributed by atoms with Crippen molar-refractivity contribution in [2.75, 3.05) is 13.1 Å². The molecule has 4 rings (SSSR count). The highest BCUT2D eigenvalue weighted by molar-refractivity contribution is 5.79. The van der Waals surface area contributed by atoms with Gasteiger partial charge in [0.25, 0.3) is 0 Å². The Kier molecular flexibility index (Phi) is 3.00. The molecule has 108 valence electrons. The van der Waals surface area contributed by atoms with Crippen molar-refractivity contribution < 1.29 is 9.32 Å². The number of rotatable bonds is 4. The predicted octanol–water partition coefficient (Wildman–Crippen LogP) is 2.14. The van der Waals surface area contributed by atoms with E-state index in [0.29, 0.717) is 23.7 Å². The maximum atomic E-state index is 12.2. The number of hydrogen-bond donors (Lipinski definition) is 0. The molecule has 0 spiro atoms. The Bertz CT molecular complexity index is 505. The molecule has 0 N–H and O–H groups in total.